The number of aryl methyl sites for hydroxylation is 1. The predicted octanol–water partition coefficient (Wildman–Crippen LogP) is 3.08. The quantitative estimate of drug-likeness (QED) is 0.781. The Balaban J connectivity index is 1.39. The van der Waals surface area contributed by atoms with Crippen LogP contribution in [-0.2, 0) is 11.2 Å². The Morgan fingerprint density at radius 1 is 1.19 bits per heavy atom. The number of hydrogen-bond acceptors (Lipinski definition) is 4. The molecule has 27 heavy (non-hydrogen) atoms. The Morgan fingerprint density at radius 3 is 2.81 bits per heavy atom. The molecule has 1 aliphatic heterocycles. The maximum atomic E-state index is 12.8. The molecule has 0 spiro atoms. The average molecular weight is 360 g/mol. The van der Waals surface area contributed by atoms with E-state index < -0.39 is 0 Å². The number of hydrogen-bond donors (Lipinski definition) is 3. The number of nitrogens with zero attached hydrogens (tertiary/aromatic N) is 1. The van der Waals surface area contributed by atoms with E-state index in [0.29, 0.717) is 5.56 Å². The molecule has 0 bridgehead atoms. The molecule has 2 aromatic carbocycles. The highest BCUT2D eigenvalue weighted by Gasteiger charge is 2.41. The minimum Gasteiger partial charge on any atom is -0.365 e. The van der Waals surface area contributed by atoms with E-state index in [9.17, 15) is 4.79 Å². The standard InChI is InChI=1S/C22H24N4O/c23-13-14-4-3-6-16(12-14)21(24)17-9-10-18(17)22(27)26-20-11-8-15-5-1-2-7-19(15)25-20/h1-7,12,17-18,20-21,25H,8-11,24H2,(H,26,27)/t17-,18+,20?,21?/m0/s1. The van der Waals surface area contributed by atoms with Crippen LogP contribution in [0.4, 0.5) is 5.69 Å². The van der Waals surface area contributed by atoms with Crippen LogP contribution in [0.2, 0.25) is 0 Å². The van der Waals surface area contributed by atoms with Crippen LogP contribution in [0.5, 0.6) is 0 Å². The van der Waals surface area contributed by atoms with Crippen LogP contribution in [-0.4, -0.2) is 12.1 Å². The molecule has 0 radical (unpaired) electrons. The number of rotatable bonds is 4. The van der Waals surface area contributed by atoms with Gasteiger partial charge in [-0.25, -0.2) is 0 Å². The van der Waals surface area contributed by atoms with E-state index in [1.807, 2.05) is 30.3 Å². The summed E-state index contributed by atoms with van der Waals surface area (Å²) in [6.45, 7) is 0. The molecule has 1 fully saturated rings. The van der Waals surface area contributed by atoms with Crippen molar-refractivity contribution in [3.63, 3.8) is 0 Å². The summed E-state index contributed by atoms with van der Waals surface area (Å²) < 4.78 is 0. The van der Waals surface area contributed by atoms with Crippen molar-refractivity contribution in [2.24, 2.45) is 17.6 Å². The summed E-state index contributed by atoms with van der Waals surface area (Å²) in [4.78, 5) is 12.8. The van der Waals surface area contributed by atoms with Crippen molar-refractivity contribution in [2.45, 2.75) is 37.9 Å². The highest BCUT2D eigenvalue weighted by molar-refractivity contribution is 5.80. The molecule has 2 aliphatic rings. The van der Waals surface area contributed by atoms with E-state index in [1.54, 1.807) is 6.07 Å². The third-order valence-corrected chi connectivity index (χ3v) is 5.89. The highest BCUT2D eigenvalue weighted by Crippen LogP contribution is 2.42. The fourth-order valence-corrected chi connectivity index (χ4v) is 4.17. The van der Waals surface area contributed by atoms with Gasteiger partial charge in [0.05, 0.1) is 17.8 Å². The van der Waals surface area contributed by atoms with Gasteiger partial charge in [-0.2, -0.15) is 5.26 Å². The largest absolute Gasteiger partial charge is 0.365 e. The first-order valence-electron chi connectivity index (χ1n) is 9.56. The molecule has 1 amide bonds. The van der Waals surface area contributed by atoms with Crippen LogP contribution >= 0.6 is 0 Å². The summed E-state index contributed by atoms with van der Waals surface area (Å²) in [5.41, 5.74) is 10.4. The second-order valence-corrected chi connectivity index (χ2v) is 7.51. The lowest BCUT2D eigenvalue weighted by Gasteiger charge is -2.40. The van der Waals surface area contributed by atoms with Gasteiger partial charge in [0, 0.05) is 17.6 Å². The van der Waals surface area contributed by atoms with Crippen molar-refractivity contribution < 1.29 is 4.79 Å². The smallest absolute Gasteiger partial charge is 0.225 e. The molecule has 5 nitrogen and oxygen atoms in total. The van der Waals surface area contributed by atoms with Gasteiger partial charge in [0.25, 0.3) is 0 Å². The van der Waals surface area contributed by atoms with E-state index in [4.69, 9.17) is 11.0 Å². The summed E-state index contributed by atoms with van der Waals surface area (Å²) >= 11 is 0. The second kappa shape index (κ2) is 7.42. The van der Waals surface area contributed by atoms with Gasteiger partial charge in [-0.3, -0.25) is 4.79 Å². The molecule has 138 valence electrons. The van der Waals surface area contributed by atoms with Crippen molar-refractivity contribution in [3.05, 3.63) is 65.2 Å². The third kappa shape index (κ3) is 3.54. The molecule has 1 aliphatic carbocycles. The zero-order chi connectivity index (χ0) is 18.8. The van der Waals surface area contributed by atoms with Crippen LogP contribution in [0.15, 0.2) is 48.5 Å². The number of amides is 1. The minimum absolute atomic E-state index is 0.0354. The van der Waals surface area contributed by atoms with Crippen molar-refractivity contribution >= 4 is 11.6 Å². The van der Waals surface area contributed by atoms with Crippen molar-refractivity contribution in [3.8, 4) is 6.07 Å². The van der Waals surface area contributed by atoms with Crippen LogP contribution in [0.25, 0.3) is 0 Å². The predicted molar refractivity (Wildman–Crippen MR) is 105 cm³/mol. The van der Waals surface area contributed by atoms with E-state index in [1.165, 1.54) is 5.56 Å². The normalized spacial score (nSPS) is 24.5. The lowest BCUT2D eigenvalue weighted by atomic mass is 9.68. The molecule has 4 atom stereocenters. The summed E-state index contributed by atoms with van der Waals surface area (Å²) in [7, 11) is 0. The molecule has 5 heteroatoms. The minimum atomic E-state index is -0.220. The van der Waals surface area contributed by atoms with Crippen LogP contribution < -0.4 is 16.4 Å². The molecule has 2 aromatic rings. The summed E-state index contributed by atoms with van der Waals surface area (Å²) in [5, 5.41) is 15.7. The lowest BCUT2D eigenvalue weighted by molar-refractivity contribution is -0.131. The summed E-state index contributed by atoms with van der Waals surface area (Å²) in [5.74, 6) is 0.134. The SMILES string of the molecule is N#Cc1cccc(C(N)[C@H]2CC[C@H]2C(=O)NC2CCc3ccccc3N2)c1. The summed E-state index contributed by atoms with van der Waals surface area (Å²) in [6.07, 6.45) is 3.62. The molecule has 4 rings (SSSR count). The Morgan fingerprint density at radius 2 is 2.04 bits per heavy atom. The molecule has 1 heterocycles. The summed E-state index contributed by atoms with van der Waals surface area (Å²) in [6, 6.07) is 17.6. The monoisotopic (exact) mass is 360 g/mol. The topological polar surface area (TPSA) is 90.9 Å². The second-order valence-electron chi connectivity index (χ2n) is 7.51. The number of nitrogens with one attached hydrogen (secondary N) is 2. The number of carbonyl (C=O) groups is 1. The van der Waals surface area contributed by atoms with Gasteiger partial charge in [0.2, 0.25) is 5.91 Å². The van der Waals surface area contributed by atoms with Crippen molar-refractivity contribution in [1.82, 2.24) is 5.32 Å². The van der Waals surface area contributed by atoms with E-state index in [2.05, 4.69) is 28.8 Å². The average Bonchev–Trinajstić information content (AvgIpc) is 2.67. The maximum Gasteiger partial charge on any atom is 0.225 e. The first-order chi connectivity index (χ1) is 13.2. The highest BCUT2D eigenvalue weighted by atomic mass is 16.2. The molecule has 0 aromatic heterocycles. The molecule has 4 N–H and O–H groups in total. The zero-order valence-corrected chi connectivity index (χ0v) is 15.2. The van der Waals surface area contributed by atoms with E-state index in [0.717, 1.165) is 36.9 Å². The fourth-order valence-electron chi connectivity index (χ4n) is 4.17. The Bertz CT molecular complexity index is 888. The van der Waals surface area contributed by atoms with Crippen molar-refractivity contribution in [1.29, 1.82) is 5.26 Å². The Hall–Kier alpha value is -2.84. The number of anilines is 1. The van der Waals surface area contributed by atoms with Gasteiger partial charge in [0.15, 0.2) is 0 Å². The van der Waals surface area contributed by atoms with Gasteiger partial charge in [-0.05, 0) is 60.9 Å². The number of nitrogens with two attached hydrogens (primary N) is 1. The van der Waals surface area contributed by atoms with Gasteiger partial charge in [0.1, 0.15) is 0 Å². The van der Waals surface area contributed by atoms with Gasteiger partial charge < -0.3 is 16.4 Å². The first-order valence-corrected chi connectivity index (χ1v) is 9.56. The number of carbonyl (C=O) groups excluding carboxylic acids is 1. The number of fused-ring (bicyclic) bond motifs is 1. The maximum absolute atomic E-state index is 12.8. The molecule has 0 saturated heterocycles. The molecular weight excluding hydrogens is 336 g/mol. The van der Waals surface area contributed by atoms with Crippen molar-refractivity contribution in [2.75, 3.05) is 5.32 Å². The van der Waals surface area contributed by atoms with E-state index >= 15 is 0 Å². The zero-order valence-electron chi connectivity index (χ0n) is 15.2. The lowest BCUT2D eigenvalue weighted by Crippen LogP contribution is -2.50. The Kier molecular flexibility index (Phi) is 4.83. The molecule has 1 saturated carbocycles. The number of nitriles is 1. The van der Waals surface area contributed by atoms with E-state index in [-0.39, 0.29) is 30.0 Å². The third-order valence-electron chi connectivity index (χ3n) is 5.89. The van der Waals surface area contributed by atoms with Crippen LogP contribution in [0.3, 0.4) is 0 Å². The molecule has 2 unspecified atom stereocenters. The van der Waals surface area contributed by atoms with Crippen LogP contribution in [0, 0.1) is 23.2 Å². The Labute approximate surface area is 159 Å². The first kappa shape index (κ1) is 17.6. The van der Waals surface area contributed by atoms with Crippen LogP contribution in [0.1, 0.15) is 42.0 Å². The number of benzene rings is 2. The van der Waals surface area contributed by atoms with Gasteiger partial charge >= 0.3 is 0 Å². The van der Waals surface area contributed by atoms with Gasteiger partial charge in [-0.1, -0.05) is 30.3 Å². The number of para-hydroxylation sites is 1. The molecular formula is C22H24N4O. The van der Waals surface area contributed by atoms with Gasteiger partial charge in [-0.15, -0.1) is 0 Å². The fraction of sp³-hybridized carbons (Fsp3) is 0.364.